The molecule has 0 aliphatic rings. The van der Waals surface area contributed by atoms with Crippen molar-refractivity contribution in [3.63, 3.8) is 0 Å². The molecule has 0 saturated heterocycles. The number of carbonyl (C=O) groups is 3. The van der Waals surface area contributed by atoms with Crippen molar-refractivity contribution < 1.29 is 19.5 Å². The number of nitrogens with zero attached hydrogens (tertiary/aromatic N) is 2. The van der Waals surface area contributed by atoms with E-state index in [1.165, 1.54) is 18.5 Å². The van der Waals surface area contributed by atoms with Gasteiger partial charge in [0.1, 0.15) is 6.04 Å². The highest BCUT2D eigenvalue weighted by atomic mass is 16.4. The maximum atomic E-state index is 11.6. The topological polar surface area (TPSA) is 135 Å². The number of carboxylic acid groups (broad SMARTS) is 1. The van der Waals surface area contributed by atoms with E-state index in [0.717, 1.165) is 0 Å². The molecule has 0 radical (unpaired) electrons. The highest BCUT2D eigenvalue weighted by Crippen LogP contribution is 2.01. The predicted octanol–water partition coefficient (Wildman–Crippen LogP) is -1.07. The standard InChI is InChI=1S/C10H12N4O4/c11-8(15)2-1-7(10(17)18)14-9(16)6-3-4-12-13-5-6/h3-5,7H,1-2H2,(H2,11,15)(H,14,16)(H,17,18)/t7-/m0/s1. The number of hydrogen-bond donors (Lipinski definition) is 3. The fraction of sp³-hybridized carbons (Fsp3) is 0.300. The molecule has 0 saturated carbocycles. The summed E-state index contributed by atoms with van der Waals surface area (Å²) in [6, 6.07) is 0.230. The molecule has 0 bridgehead atoms. The van der Waals surface area contributed by atoms with Crippen LogP contribution in [-0.2, 0) is 9.59 Å². The van der Waals surface area contributed by atoms with Gasteiger partial charge < -0.3 is 16.2 Å². The molecule has 1 rings (SSSR count). The van der Waals surface area contributed by atoms with Gasteiger partial charge in [0, 0.05) is 6.42 Å². The second-order valence-corrected chi connectivity index (χ2v) is 3.50. The number of hydrogen-bond acceptors (Lipinski definition) is 5. The third-order valence-electron chi connectivity index (χ3n) is 2.13. The molecule has 1 heterocycles. The zero-order valence-corrected chi connectivity index (χ0v) is 9.37. The van der Waals surface area contributed by atoms with Gasteiger partial charge >= 0.3 is 5.97 Å². The third kappa shape index (κ3) is 4.16. The molecular formula is C10H12N4O4. The third-order valence-corrected chi connectivity index (χ3v) is 2.13. The molecule has 0 aliphatic heterocycles. The molecule has 1 atom stereocenters. The SMILES string of the molecule is NC(=O)CC[C@H](NC(=O)c1ccnnc1)C(=O)O. The van der Waals surface area contributed by atoms with Crippen LogP contribution in [0.5, 0.6) is 0 Å². The molecular weight excluding hydrogens is 240 g/mol. The molecule has 8 heteroatoms. The number of nitrogens with two attached hydrogens (primary N) is 1. The Balaban J connectivity index is 2.64. The van der Waals surface area contributed by atoms with Gasteiger partial charge in [0.2, 0.25) is 5.91 Å². The quantitative estimate of drug-likeness (QED) is 0.589. The molecule has 18 heavy (non-hydrogen) atoms. The van der Waals surface area contributed by atoms with E-state index in [4.69, 9.17) is 10.8 Å². The van der Waals surface area contributed by atoms with Gasteiger partial charge in [-0.15, -0.1) is 0 Å². The lowest BCUT2D eigenvalue weighted by Crippen LogP contribution is -2.41. The maximum Gasteiger partial charge on any atom is 0.326 e. The van der Waals surface area contributed by atoms with E-state index < -0.39 is 23.8 Å². The average Bonchev–Trinajstić information content (AvgIpc) is 2.34. The highest BCUT2D eigenvalue weighted by Gasteiger charge is 2.21. The Morgan fingerprint density at radius 1 is 1.39 bits per heavy atom. The second kappa shape index (κ2) is 6.28. The molecule has 0 aromatic carbocycles. The van der Waals surface area contributed by atoms with Crippen molar-refractivity contribution in [2.24, 2.45) is 5.73 Å². The van der Waals surface area contributed by atoms with Crippen LogP contribution in [0.25, 0.3) is 0 Å². The number of carbonyl (C=O) groups excluding carboxylic acids is 2. The fourth-order valence-electron chi connectivity index (χ4n) is 1.21. The van der Waals surface area contributed by atoms with Crippen molar-refractivity contribution in [3.05, 3.63) is 24.0 Å². The van der Waals surface area contributed by atoms with Gasteiger partial charge in [-0.05, 0) is 12.5 Å². The summed E-state index contributed by atoms with van der Waals surface area (Å²) in [6.07, 6.45) is 2.34. The summed E-state index contributed by atoms with van der Waals surface area (Å²) in [4.78, 5) is 33.1. The summed E-state index contributed by atoms with van der Waals surface area (Å²) in [5.41, 5.74) is 5.11. The van der Waals surface area contributed by atoms with E-state index in [2.05, 4.69) is 15.5 Å². The maximum absolute atomic E-state index is 11.6. The van der Waals surface area contributed by atoms with Crippen molar-refractivity contribution >= 4 is 17.8 Å². The summed E-state index contributed by atoms with van der Waals surface area (Å²) < 4.78 is 0. The lowest BCUT2D eigenvalue weighted by atomic mass is 10.1. The minimum atomic E-state index is -1.23. The minimum absolute atomic E-state index is 0.0606. The van der Waals surface area contributed by atoms with Crippen LogP contribution in [0.2, 0.25) is 0 Å². The van der Waals surface area contributed by atoms with Crippen LogP contribution in [-0.4, -0.2) is 39.1 Å². The van der Waals surface area contributed by atoms with Crippen molar-refractivity contribution in [3.8, 4) is 0 Å². The second-order valence-electron chi connectivity index (χ2n) is 3.50. The van der Waals surface area contributed by atoms with Crippen LogP contribution >= 0.6 is 0 Å². The number of amides is 2. The monoisotopic (exact) mass is 252 g/mol. The summed E-state index contributed by atoms with van der Waals surface area (Å²) in [6.45, 7) is 0. The Kier molecular flexibility index (Phi) is 4.73. The van der Waals surface area contributed by atoms with Crippen LogP contribution < -0.4 is 11.1 Å². The number of rotatable bonds is 6. The van der Waals surface area contributed by atoms with Gasteiger partial charge in [-0.25, -0.2) is 4.79 Å². The van der Waals surface area contributed by atoms with Crippen molar-refractivity contribution in [1.29, 1.82) is 0 Å². The molecule has 1 aromatic rings. The predicted molar refractivity (Wildman–Crippen MR) is 59.4 cm³/mol. The Bertz CT molecular complexity index is 448. The molecule has 96 valence electrons. The largest absolute Gasteiger partial charge is 0.480 e. The molecule has 0 unspecified atom stereocenters. The van der Waals surface area contributed by atoms with E-state index in [9.17, 15) is 14.4 Å². The number of aromatic nitrogens is 2. The Hall–Kier alpha value is -2.51. The first kappa shape index (κ1) is 13.6. The first-order chi connectivity index (χ1) is 8.50. The molecule has 0 spiro atoms. The van der Waals surface area contributed by atoms with Gasteiger partial charge in [0.25, 0.3) is 5.91 Å². The molecule has 1 aromatic heterocycles. The van der Waals surface area contributed by atoms with Crippen molar-refractivity contribution in [1.82, 2.24) is 15.5 Å². The number of aliphatic carboxylic acids is 1. The summed E-state index contributed by atoms with van der Waals surface area (Å²) >= 11 is 0. The summed E-state index contributed by atoms with van der Waals surface area (Å²) in [5.74, 6) is -2.45. The first-order valence-corrected chi connectivity index (χ1v) is 5.09. The van der Waals surface area contributed by atoms with Crippen LogP contribution in [0, 0.1) is 0 Å². The van der Waals surface area contributed by atoms with Gasteiger partial charge in [0.05, 0.1) is 18.0 Å². The normalized spacial score (nSPS) is 11.6. The van der Waals surface area contributed by atoms with Gasteiger partial charge in [-0.3, -0.25) is 9.59 Å². The van der Waals surface area contributed by atoms with Crippen LogP contribution in [0.15, 0.2) is 18.5 Å². The first-order valence-electron chi connectivity index (χ1n) is 5.09. The average molecular weight is 252 g/mol. The molecule has 4 N–H and O–H groups in total. The summed E-state index contributed by atoms with van der Waals surface area (Å²) in [7, 11) is 0. The lowest BCUT2D eigenvalue weighted by Gasteiger charge is -2.13. The molecule has 0 aliphatic carbocycles. The van der Waals surface area contributed by atoms with E-state index >= 15 is 0 Å². The highest BCUT2D eigenvalue weighted by molar-refractivity contribution is 5.96. The van der Waals surface area contributed by atoms with Crippen LogP contribution in [0.3, 0.4) is 0 Å². The van der Waals surface area contributed by atoms with Gasteiger partial charge in [-0.2, -0.15) is 10.2 Å². The minimum Gasteiger partial charge on any atom is -0.480 e. The Labute approximate surface area is 102 Å². The van der Waals surface area contributed by atoms with E-state index in [1.807, 2.05) is 0 Å². The molecule has 0 fully saturated rings. The smallest absolute Gasteiger partial charge is 0.326 e. The Morgan fingerprint density at radius 3 is 2.61 bits per heavy atom. The number of primary amides is 1. The van der Waals surface area contributed by atoms with Crippen molar-refractivity contribution in [2.45, 2.75) is 18.9 Å². The fourth-order valence-corrected chi connectivity index (χ4v) is 1.21. The lowest BCUT2D eigenvalue weighted by molar-refractivity contribution is -0.139. The van der Waals surface area contributed by atoms with E-state index in [-0.39, 0.29) is 18.4 Å². The zero-order valence-electron chi connectivity index (χ0n) is 9.37. The summed E-state index contributed by atoms with van der Waals surface area (Å²) in [5, 5.41) is 18.2. The van der Waals surface area contributed by atoms with Crippen LogP contribution in [0.1, 0.15) is 23.2 Å². The van der Waals surface area contributed by atoms with E-state index in [0.29, 0.717) is 0 Å². The van der Waals surface area contributed by atoms with Gasteiger partial charge in [-0.1, -0.05) is 0 Å². The molecule has 8 nitrogen and oxygen atoms in total. The van der Waals surface area contributed by atoms with Crippen LogP contribution in [0.4, 0.5) is 0 Å². The van der Waals surface area contributed by atoms with E-state index in [1.54, 1.807) is 0 Å². The number of nitrogens with one attached hydrogen (secondary N) is 1. The van der Waals surface area contributed by atoms with Gasteiger partial charge in [0.15, 0.2) is 0 Å². The number of carboxylic acids is 1. The molecule has 2 amide bonds. The Morgan fingerprint density at radius 2 is 2.11 bits per heavy atom. The zero-order chi connectivity index (χ0) is 13.5. The van der Waals surface area contributed by atoms with Crippen molar-refractivity contribution in [2.75, 3.05) is 0 Å².